The third kappa shape index (κ3) is 4.44. The molecule has 0 aliphatic heterocycles. The number of carbonyl (C=O) groups excluding carboxylic acids is 2. The minimum atomic E-state index is -0.808. The normalized spacial score (nSPS) is 16.7. The number of imide groups is 1. The summed E-state index contributed by atoms with van der Waals surface area (Å²) in [5, 5.41) is 5.10. The number of amides is 3. The Morgan fingerprint density at radius 3 is 2.88 bits per heavy atom. The first kappa shape index (κ1) is 12.7. The van der Waals surface area contributed by atoms with Crippen molar-refractivity contribution < 1.29 is 9.59 Å². The molecule has 1 atom stereocenters. The van der Waals surface area contributed by atoms with E-state index in [4.69, 9.17) is 5.73 Å². The lowest BCUT2D eigenvalue weighted by Crippen LogP contribution is -2.46. The van der Waals surface area contributed by atoms with E-state index < -0.39 is 12.1 Å². The van der Waals surface area contributed by atoms with Crippen LogP contribution >= 0.6 is 0 Å². The van der Waals surface area contributed by atoms with Gasteiger partial charge in [-0.3, -0.25) is 10.1 Å². The second-order valence-corrected chi connectivity index (χ2v) is 4.03. The number of urea groups is 1. The molecule has 0 fully saturated rings. The van der Waals surface area contributed by atoms with Crippen molar-refractivity contribution >= 4 is 11.9 Å². The predicted octanol–water partition coefficient (Wildman–Crippen LogP) is 0.660. The average Bonchev–Trinajstić information content (AvgIpc) is 2.69. The molecule has 0 saturated carbocycles. The Morgan fingerprint density at radius 1 is 1.56 bits per heavy atom. The molecule has 1 unspecified atom stereocenters. The molecule has 1 aliphatic rings. The number of nitrogens with two attached hydrogens (primary N) is 1. The summed E-state index contributed by atoms with van der Waals surface area (Å²) < 4.78 is 0. The maximum atomic E-state index is 11.3. The highest BCUT2D eigenvalue weighted by Crippen LogP contribution is 2.19. The highest BCUT2D eigenvalue weighted by molar-refractivity contribution is 5.96. The predicted molar refractivity (Wildman–Crippen MR) is 61.7 cm³/mol. The maximum Gasteiger partial charge on any atom is 0.318 e. The average molecular weight is 225 g/mol. The minimum absolute atomic E-state index is 0.382. The molecule has 16 heavy (non-hydrogen) atoms. The van der Waals surface area contributed by atoms with Crippen LogP contribution in [0.5, 0.6) is 0 Å². The van der Waals surface area contributed by atoms with Crippen molar-refractivity contribution in [1.82, 2.24) is 10.6 Å². The second-order valence-electron chi connectivity index (χ2n) is 4.03. The van der Waals surface area contributed by atoms with Gasteiger partial charge in [-0.1, -0.05) is 11.6 Å². The van der Waals surface area contributed by atoms with Crippen LogP contribution < -0.4 is 16.4 Å². The summed E-state index contributed by atoms with van der Waals surface area (Å²) in [6, 6.07) is -1.20. The van der Waals surface area contributed by atoms with E-state index in [0.29, 0.717) is 0 Å². The summed E-state index contributed by atoms with van der Waals surface area (Å²) in [7, 11) is 0. The SMILES string of the molecule is CC(NCCC1=CCCC1)C(=O)NC(N)=O. The first-order valence-electron chi connectivity index (χ1n) is 5.61. The van der Waals surface area contributed by atoms with Crippen LogP contribution in [0, 0.1) is 0 Å². The van der Waals surface area contributed by atoms with E-state index in [1.807, 2.05) is 5.32 Å². The summed E-state index contributed by atoms with van der Waals surface area (Å²) in [5.41, 5.74) is 6.31. The maximum absolute atomic E-state index is 11.3. The zero-order valence-electron chi connectivity index (χ0n) is 9.58. The lowest BCUT2D eigenvalue weighted by Gasteiger charge is -2.12. The van der Waals surface area contributed by atoms with E-state index in [1.54, 1.807) is 6.92 Å². The molecule has 0 bridgehead atoms. The fourth-order valence-corrected chi connectivity index (χ4v) is 1.74. The topological polar surface area (TPSA) is 84.2 Å². The lowest BCUT2D eigenvalue weighted by molar-refractivity contribution is -0.121. The minimum Gasteiger partial charge on any atom is -0.351 e. The Balaban J connectivity index is 2.16. The van der Waals surface area contributed by atoms with Crippen molar-refractivity contribution in [2.45, 2.75) is 38.6 Å². The number of rotatable bonds is 5. The van der Waals surface area contributed by atoms with Gasteiger partial charge in [0, 0.05) is 0 Å². The molecule has 0 aromatic rings. The zero-order valence-corrected chi connectivity index (χ0v) is 9.58. The molecule has 1 aliphatic carbocycles. The molecule has 0 aromatic carbocycles. The van der Waals surface area contributed by atoms with Crippen LogP contribution in [0.4, 0.5) is 4.79 Å². The monoisotopic (exact) mass is 225 g/mol. The van der Waals surface area contributed by atoms with E-state index in [-0.39, 0.29) is 5.91 Å². The Morgan fingerprint density at radius 2 is 2.31 bits per heavy atom. The number of hydrogen-bond donors (Lipinski definition) is 3. The number of nitrogens with one attached hydrogen (secondary N) is 2. The highest BCUT2D eigenvalue weighted by Gasteiger charge is 2.13. The number of allylic oxidation sites excluding steroid dienone is 1. The van der Waals surface area contributed by atoms with Gasteiger partial charge < -0.3 is 11.1 Å². The molecule has 0 radical (unpaired) electrons. The molecule has 1 rings (SSSR count). The van der Waals surface area contributed by atoms with Gasteiger partial charge in [-0.15, -0.1) is 0 Å². The Kier molecular flexibility index (Phi) is 4.98. The number of hydrogen-bond acceptors (Lipinski definition) is 3. The molecule has 5 heteroatoms. The Labute approximate surface area is 95.5 Å². The largest absolute Gasteiger partial charge is 0.351 e. The number of primary amides is 1. The summed E-state index contributed by atoms with van der Waals surface area (Å²) >= 11 is 0. The zero-order chi connectivity index (χ0) is 12.0. The Hall–Kier alpha value is -1.36. The number of carbonyl (C=O) groups is 2. The fourth-order valence-electron chi connectivity index (χ4n) is 1.74. The van der Waals surface area contributed by atoms with Crippen molar-refractivity contribution in [1.29, 1.82) is 0 Å². The smallest absolute Gasteiger partial charge is 0.318 e. The summed E-state index contributed by atoms with van der Waals surface area (Å²) in [5.74, 6) is -0.382. The Bertz CT molecular complexity index is 300. The molecular formula is C11H19N3O2. The van der Waals surface area contributed by atoms with Crippen LogP contribution in [0.25, 0.3) is 0 Å². The molecule has 3 amide bonds. The van der Waals surface area contributed by atoms with Gasteiger partial charge in [0.25, 0.3) is 0 Å². The summed E-state index contributed by atoms with van der Waals surface area (Å²) in [4.78, 5) is 21.7. The third-order valence-electron chi connectivity index (χ3n) is 2.67. The van der Waals surface area contributed by atoms with Crippen molar-refractivity contribution in [2.24, 2.45) is 5.73 Å². The summed E-state index contributed by atoms with van der Waals surface area (Å²) in [6.45, 7) is 2.46. The van der Waals surface area contributed by atoms with E-state index in [2.05, 4.69) is 11.4 Å². The van der Waals surface area contributed by atoms with Crippen LogP contribution in [0.3, 0.4) is 0 Å². The van der Waals surface area contributed by atoms with Crippen molar-refractivity contribution in [3.05, 3.63) is 11.6 Å². The van der Waals surface area contributed by atoms with Gasteiger partial charge in [0.2, 0.25) is 5.91 Å². The van der Waals surface area contributed by atoms with Gasteiger partial charge >= 0.3 is 6.03 Å². The quantitative estimate of drug-likeness (QED) is 0.601. The van der Waals surface area contributed by atoms with Gasteiger partial charge in [0.1, 0.15) is 0 Å². The van der Waals surface area contributed by atoms with Crippen LogP contribution in [0.1, 0.15) is 32.6 Å². The van der Waals surface area contributed by atoms with Crippen molar-refractivity contribution in [3.8, 4) is 0 Å². The standard InChI is InChI=1S/C11H19N3O2/c1-8(10(15)14-11(12)16)13-7-6-9-4-2-3-5-9/h4,8,13H,2-3,5-7H2,1H3,(H3,12,14,15,16). The molecule has 0 saturated heterocycles. The second kappa shape index (κ2) is 6.27. The van der Waals surface area contributed by atoms with Gasteiger partial charge in [0.05, 0.1) is 6.04 Å². The van der Waals surface area contributed by atoms with Crippen molar-refractivity contribution in [2.75, 3.05) is 6.54 Å². The molecule has 0 spiro atoms. The van der Waals surface area contributed by atoms with Crippen LogP contribution in [-0.2, 0) is 4.79 Å². The summed E-state index contributed by atoms with van der Waals surface area (Å²) in [6.07, 6.45) is 6.81. The van der Waals surface area contributed by atoms with Gasteiger partial charge in [-0.25, -0.2) is 4.79 Å². The lowest BCUT2D eigenvalue weighted by atomic mass is 10.1. The van der Waals surface area contributed by atoms with Crippen molar-refractivity contribution in [3.63, 3.8) is 0 Å². The van der Waals surface area contributed by atoms with E-state index in [0.717, 1.165) is 13.0 Å². The van der Waals surface area contributed by atoms with Crippen LogP contribution in [0.15, 0.2) is 11.6 Å². The van der Waals surface area contributed by atoms with E-state index in [1.165, 1.54) is 24.8 Å². The van der Waals surface area contributed by atoms with Gasteiger partial charge in [0.15, 0.2) is 0 Å². The molecular weight excluding hydrogens is 206 g/mol. The first-order chi connectivity index (χ1) is 7.59. The van der Waals surface area contributed by atoms with E-state index >= 15 is 0 Å². The third-order valence-corrected chi connectivity index (χ3v) is 2.67. The highest BCUT2D eigenvalue weighted by atomic mass is 16.2. The molecule has 4 N–H and O–H groups in total. The van der Waals surface area contributed by atoms with E-state index in [9.17, 15) is 9.59 Å². The molecule has 90 valence electrons. The molecule has 0 heterocycles. The van der Waals surface area contributed by atoms with Crippen LogP contribution in [0.2, 0.25) is 0 Å². The van der Waals surface area contributed by atoms with Crippen LogP contribution in [-0.4, -0.2) is 24.5 Å². The van der Waals surface area contributed by atoms with Gasteiger partial charge in [-0.05, 0) is 39.2 Å². The first-order valence-corrected chi connectivity index (χ1v) is 5.61. The van der Waals surface area contributed by atoms with Gasteiger partial charge in [-0.2, -0.15) is 0 Å². The fraction of sp³-hybridized carbons (Fsp3) is 0.636. The molecule has 5 nitrogen and oxygen atoms in total. The molecule has 0 aromatic heterocycles.